The standard InChI is InChI=1S/C11H16F2N6/c1-3-18(7-11(2,12)13)10-15-9(16-14)8-5-4-6-19(8)17-10/h4-6H,3,7,14H2,1-2H3,(H,15,16,17). The van der Waals surface area contributed by atoms with Crippen LogP contribution in [0.5, 0.6) is 0 Å². The summed E-state index contributed by atoms with van der Waals surface area (Å²) in [4.78, 5) is 5.57. The van der Waals surface area contributed by atoms with E-state index in [9.17, 15) is 8.78 Å². The summed E-state index contributed by atoms with van der Waals surface area (Å²) in [5, 5.41) is 4.20. The van der Waals surface area contributed by atoms with Crippen LogP contribution in [-0.4, -0.2) is 33.6 Å². The Bertz CT molecular complexity index is 562. The van der Waals surface area contributed by atoms with E-state index in [0.717, 1.165) is 6.92 Å². The molecule has 2 aromatic heterocycles. The maximum atomic E-state index is 13.1. The van der Waals surface area contributed by atoms with Gasteiger partial charge in [-0.25, -0.2) is 19.1 Å². The molecule has 0 unspecified atom stereocenters. The van der Waals surface area contributed by atoms with E-state index in [-0.39, 0.29) is 5.95 Å². The molecule has 3 N–H and O–H groups in total. The van der Waals surface area contributed by atoms with E-state index in [1.165, 1.54) is 4.90 Å². The molecule has 0 aromatic carbocycles. The van der Waals surface area contributed by atoms with Crippen molar-refractivity contribution in [2.24, 2.45) is 5.84 Å². The molecule has 0 aliphatic carbocycles. The maximum absolute atomic E-state index is 13.1. The average Bonchev–Trinajstić information content (AvgIpc) is 2.81. The fourth-order valence-electron chi connectivity index (χ4n) is 1.82. The predicted octanol–water partition coefficient (Wildman–Crippen LogP) is 1.50. The summed E-state index contributed by atoms with van der Waals surface area (Å²) in [5.74, 6) is 3.18. The van der Waals surface area contributed by atoms with Gasteiger partial charge in [-0.1, -0.05) is 0 Å². The molecule has 0 spiro atoms. The minimum Gasteiger partial charge on any atom is -0.334 e. The van der Waals surface area contributed by atoms with Crippen molar-refractivity contribution in [3.63, 3.8) is 0 Å². The first kappa shape index (κ1) is 13.5. The van der Waals surface area contributed by atoms with E-state index in [0.29, 0.717) is 17.9 Å². The number of nitrogens with two attached hydrogens (primary N) is 1. The van der Waals surface area contributed by atoms with Gasteiger partial charge in [0.05, 0.1) is 6.54 Å². The summed E-state index contributed by atoms with van der Waals surface area (Å²) in [6, 6.07) is 3.56. The van der Waals surface area contributed by atoms with E-state index in [2.05, 4.69) is 15.5 Å². The largest absolute Gasteiger partial charge is 0.334 e. The molecule has 0 aliphatic rings. The van der Waals surface area contributed by atoms with Gasteiger partial charge in [0.1, 0.15) is 5.52 Å². The first-order valence-corrected chi connectivity index (χ1v) is 5.89. The van der Waals surface area contributed by atoms with Gasteiger partial charge in [0.2, 0.25) is 5.95 Å². The number of hydrogen-bond donors (Lipinski definition) is 2. The summed E-state index contributed by atoms with van der Waals surface area (Å²) in [6.07, 6.45) is 1.71. The molecule has 19 heavy (non-hydrogen) atoms. The van der Waals surface area contributed by atoms with Gasteiger partial charge in [0.15, 0.2) is 5.82 Å². The molecule has 2 rings (SSSR count). The van der Waals surface area contributed by atoms with E-state index in [1.54, 1.807) is 29.8 Å². The number of halogens is 2. The summed E-state index contributed by atoms with van der Waals surface area (Å²) in [5.41, 5.74) is 3.14. The normalized spacial score (nSPS) is 11.8. The third kappa shape index (κ3) is 2.90. The Morgan fingerprint density at radius 3 is 2.84 bits per heavy atom. The third-order valence-electron chi connectivity index (χ3n) is 2.65. The molecule has 2 aromatic rings. The molecule has 0 atom stereocenters. The van der Waals surface area contributed by atoms with Crippen LogP contribution in [0.25, 0.3) is 5.52 Å². The highest BCUT2D eigenvalue weighted by atomic mass is 19.3. The minimum atomic E-state index is -2.82. The molecule has 0 bridgehead atoms. The lowest BCUT2D eigenvalue weighted by Crippen LogP contribution is -2.36. The second-order valence-corrected chi connectivity index (χ2v) is 4.33. The number of anilines is 2. The smallest absolute Gasteiger partial charge is 0.262 e. The van der Waals surface area contributed by atoms with Crippen molar-refractivity contribution in [2.75, 3.05) is 23.4 Å². The Hall–Kier alpha value is -1.96. The number of fused-ring (bicyclic) bond motifs is 1. The van der Waals surface area contributed by atoms with Crippen LogP contribution in [0.3, 0.4) is 0 Å². The van der Waals surface area contributed by atoms with Gasteiger partial charge < -0.3 is 10.3 Å². The predicted molar refractivity (Wildman–Crippen MR) is 69.3 cm³/mol. The summed E-state index contributed by atoms with van der Waals surface area (Å²) in [6.45, 7) is 2.57. The van der Waals surface area contributed by atoms with Crippen LogP contribution in [0.15, 0.2) is 18.3 Å². The Morgan fingerprint density at radius 2 is 2.26 bits per heavy atom. The molecule has 0 fully saturated rings. The Kier molecular flexibility index (Phi) is 3.52. The number of rotatable bonds is 5. The third-order valence-corrected chi connectivity index (χ3v) is 2.65. The van der Waals surface area contributed by atoms with Crippen LogP contribution in [0.1, 0.15) is 13.8 Å². The van der Waals surface area contributed by atoms with Gasteiger partial charge in [0, 0.05) is 19.7 Å². The Labute approximate surface area is 109 Å². The van der Waals surface area contributed by atoms with E-state index >= 15 is 0 Å². The van der Waals surface area contributed by atoms with Crippen molar-refractivity contribution < 1.29 is 8.78 Å². The van der Waals surface area contributed by atoms with E-state index in [4.69, 9.17) is 5.84 Å². The highest BCUT2D eigenvalue weighted by Crippen LogP contribution is 2.20. The van der Waals surface area contributed by atoms with Crippen molar-refractivity contribution >= 4 is 17.3 Å². The van der Waals surface area contributed by atoms with Crippen molar-refractivity contribution in [3.05, 3.63) is 18.3 Å². The summed E-state index contributed by atoms with van der Waals surface area (Å²) >= 11 is 0. The highest BCUT2D eigenvalue weighted by Gasteiger charge is 2.26. The van der Waals surface area contributed by atoms with Gasteiger partial charge in [-0.15, -0.1) is 5.10 Å². The van der Waals surface area contributed by atoms with Crippen LogP contribution < -0.4 is 16.2 Å². The number of nitrogen functional groups attached to an aromatic ring is 1. The quantitative estimate of drug-likeness (QED) is 0.636. The molecule has 0 saturated carbocycles. The van der Waals surface area contributed by atoms with Gasteiger partial charge >= 0.3 is 0 Å². The van der Waals surface area contributed by atoms with Crippen LogP contribution in [0.2, 0.25) is 0 Å². The van der Waals surface area contributed by atoms with Crippen LogP contribution in [0.4, 0.5) is 20.5 Å². The zero-order valence-electron chi connectivity index (χ0n) is 10.8. The Morgan fingerprint density at radius 1 is 1.53 bits per heavy atom. The van der Waals surface area contributed by atoms with Crippen LogP contribution >= 0.6 is 0 Å². The van der Waals surface area contributed by atoms with Crippen LogP contribution in [-0.2, 0) is 0 Å². The number of hydrazine groups is 1. The molecule has 0 aliphatic heterocycles. The van der Waals surface area contributed by atoms with Crippen LogP contribution in [0, 0.1) is 0 Å². The first-order chi connectivity index (χ1) is 8.94. The van der Waals surface area contributed by atoms with Crippen molar-refractivity contribution in [3.8, 4) is 0 Å². The maximum Gasteiger partial charge on any atom is 0.262 e. The first-order valence-electron chi connectivity index (χ1n) is 5.89. The highest BCUT2D eigenvalue weighted by molar-refractivity contribution is 5.68. The second-order valence-electron chi connectivity index (χ2n) is 4.33. The van der Waals surface area contributed by atoms with Gasteiger partial charge in [-0.05, 0) is 19.1 Å². The lowest BCUT2D eigenvalue weighted by molar-refractivity contribution is 0.0298. The monoisotopic (exact) mass is 270 g/mol. The second kappa shape index (κ2) is 4.96. The lowest BCUT2D eigenvalue weighted by Gasteiger charge is -2.24. The summed E-state index contributed by atoms with van der Waals surface area (Å²) in [7, 11) is 0. The fraction of sp³-hybridized carbons (Fsp3) is 0.455. The SMILES string of the molecule is CCN(CC(C)(F)F)c1nc(NN)c2cccn2n1. The van der Waals surface area contributed by atoms with Crippen molar-refractivity contribution in [1.29, 1.82) is 0 Å². The lowest BCUT2D eigenvalue weighted by atomic mass is 10.3. The van der Waals surface area contributed by atoms with E-state index < -0.39 is 12.5 Å². The number of hydrogen-bond acceptors (Lipinski definition) is 5. The number of nitrogens with one attached hydrogen (secondary N) is 1. The van der Waals surface area contributed by atoms with Crippen molar-refractivity contribution in [1.82, 2.24) is 14.6 Å². The minimum absolute atomic E-state index is 0.209. The molecular weight excluding hydrogens is 254 g/mol. The molecule has 2 heterocycles. The van der Waals surface area contributed by atoms with Gasteiger partial charge in [-0.3, -0.25) is 0 Å². The van der Waals surface area contributed by atoms with Gasteiger partial charge in [-0.2, -0.15) is 4.98 Å². The molecule has 104 valence electrons. The Balaban J connectivity index is 2.42. The average molecular weight is 270 g/mol. The molecule has 0 amide bonds. The molecule has 0 radical (unpaired) electrons. The number of alkyl halides is 2. The molecule has 6 nitrogen and oxygen atoms in total. The van der Waals surface area contributed by atoms with Crippen molar-refractivity contribution in [2.45, 2.75) is 19.8 Å². The van der Waals surface area contributed by atoms with Gasteiger partial charge in [0.25, 0.3) is 5.92 Å². The molecule has 8 heteroatoms. The topological polar surface area (TPSA) is 71.5 Å². The zero-order chi connectivity index (χ0) is 14.0. The molecule has 0 saturated heterocycles. The fourth-order valence-corrected chi connectivity index (χ4v) is 1.82. The zero-order valence-corrected chi connectivity index (χ0v) is 10.8. The number of aromatic nitrogens is 3. The van der Waals surface area contributed by atoms with E-state index in [1.807, 2.05) is 0 Å². The number of nitrogens with zero attached hydrogens (tertiary/aromatic N) is 4. The summed E-state index contributed by atoms with van der Waals surface area (Å²) < 4.78 is 27.8. The molecular formula is C11H16F2N6.